The number of amides is 1. The summed E-state index contributed by atoms with van der Waals surface area (Å²) in [5, 5.41) is 6.89. The van der Waals surface area contributed by atoms with Crippen LogP contribution in [0.3, 0.4) is 0 Å². The Morgan fingerprint density at radius 3 is 2.57 bits per heavy atom. The molecule has 0 fully saturated rings. The topological polar surface area (TPSA) is 56.7 Å². The zero-order chi connectivity index (χ0) is 17.1. The number of guanidine groups is 1. The van der Waals surface area contributed by atoms with Gasteiger partial charge in [-0.2, -0.15) is 0 Å². The molecule has 132 valence electrons. The van der Waals surface area contributed by atoms with Crippen LogP contribution >= 0.6 is 0 Å². The van der Waals surface area contributed by atoms with Crippen molar-refractivity contribution in [3.8, 4) is 0 Å². The van der Waals surface area contributed by atoms with Crippen molar-refractivity contribution in [2.45, 2.75) is 58.4 Å². The van der Waals surface area contributed by atoms with Gasteiger partial charge in [-0.05, 0) is 25.2 Å². The summed E-state index contributed by atoms with van der Waals surface area (Å²) >= 11 is 0. The van der Waals surface area contributed by atoms with Crippen molar-refractivity contribution in [1.82, 2.24) is 15.5 Å². The summed E-state index contributed by atoms with van der Waals surface area (Å²) in [6, 6.07) is 0.395. The van der Waals surface area contributed by atoms with E-state index < -0.39 is 0 Å². The van der Waals surface area contributed by atoms with Gasteiger partial charge in [0, 0.05) is 26.7 Å². The second kappa shape index (κ2) is 11.1. The quantitative estimate of drug-likeness (QED) is 0.390. The molecule has 0 aromatic heterocycles. The zero-order valence-electron chi connectivity index (χ0n) is 15.3. The molecular formula is C18H34N4O. The fourth-order valence-electron chi connectivity index (χ4n) is 2.55. The predicted octanol–water partition coefficient (Wildman–Crippen LogP) is 2.54. The number of carbonyl (C=O) groups excluding carboxylic acids is 1. The van der Waals surface area contributed by atoms with Gasteiger partial charge in [0.15, 0.2) is 5.96 Å². The van der Waals surface area contributed by atoms with E-state index in [0.29, 0.717) is 12.0 Å². The Kier molecular flexibility index (Phi) is 9.41. The molecule has 23 heavy (non-hydrogen) atoms. The number of likely N-dealkylation sites (N-methyl/N-ethyl adjacent to an activating group) is 1. The van der Waals surface area contributed by atoms with E-state index in [-0.39, 0.29) is 12.5 Å². The summed E-state index contributed by atoms with van der Waals surface area (Å²) < 4.78 is 0. The molecule has 0 saturated heterocycles. The van der Waals surface area contributed by atoms with E-state index in [0.717, 1.165) is 25.3 Å². The highest BCUT2D eigenvalue weighted by atomic mass is 16.2. The molecule has 0 aromatic carbocycles. The third-order valence-corrected chi connectivity index (χ3v) is 4.32. The molecule has 1 unspecified atom stereocenters. The molecule has 0 aromatic rings. The number of rotatable bonds is 9. The Labute approximate surface area is 141 Å². The molecular weight excluding hydrogens is 288 g/mol. The number of aliphatic imine (C=N–C) groups is 1. The van der Waals surface area contributed by atoms with E-state index in [2.05, 4.69) is 41.6 Å². The average molecular weight is 322 g/mol. The molecule has 1 rings (SSSR count). The lowest BCUT2D eigenvalue weighted by Crippen LogP contribution is -2.44. The Morgan fingerprint density at radius 2 is 2.00 bits per heavy atom. The standard InChI is InChI=1S/C18H34N4O/c1-5-7-10-15(6-2)13-19-18(20-14-17(23)22(3)4)21-16-11-8-9-12-16/h8-9,15-16H,5-7,10-14H2,1-4H3,(H2,19,20,21). The molecule has 0 spiro atoms. The summed E-state index contributed by atoms with van der Waals surface area (Å²) in [6.45, 7) is 5.57. The van der Waals surface area contributed by atoms with E-state index in [1.807, 2.05) is 0 Å². The molecule has 1 atom stereocenters. The fraction of sp³-hybridized carbons (Fsp3) is 0.778. The maximum absolute atomic E-state index is 11.8. The van der Waals surface area contributed by atoms with Gasteiger partial charge >= 0.3 is 0 Å². The molecule has 1 aliphatic carbocycles. The maximum Gasteiger partial charge on any atom is 0.243 e. The molecule has 1 aliphatic rings. The summed E-state index contributed by atoms with van der Waals surface area (Å²) in [5.41, 5.74) is 0. The second-order valence-electron chi connectivity index (χ2n) is 6.53. The van der Waals surface area contributed by atoms with Crippen LogP contribution in [-0.4, -0.2) is 50.0 Å². The van der Waals surface area contributed by atoms with Crippen molar-refractivity contribution < 1.29 is 4.79 Å². The van der Waals surface area contributed by atoms with Gasteiger partial charge in [0.2, 0.25) is 5.91 Å². The van der Waals surface area contributed by atoms with Crippen LogP contribution in [0.5, 0.6) is 0 Å². The Balaban J connectivity index is 2.54. The molecule has 0 bridgehead atoms. The van der Waals surface area contributed by atoms with E-state index in [4.69, 9.17) is 0 Å². The molecule has 5 heteroatoms. The third-order valence-electron chi connectivity index (χ3n) is 4.32. The summed E-state index contributed by atoms with van der Waals surface area (Å²) in [4.78, 5) is 17.8. The maximum atomic E-state index is 11.8. The highest BCUT2D eigenvalue weighted by molar-refractivity contribution is 5.85. The first kappa shape index (κ1) is 19.5. The lowest BCUT2D eigenvalue weighted by molar-refractivity contribution is -0.127. The van der Waals surface area contributed by atoms with Gasteiger partial charge in [-0.15, -0.1) is 0 Å². The number of nitrogens with zero attached hydrogens (tertiary/aromatic N) is 2. The highest BCUT2D eigenvalue weighted by Crippen LogP contribution is 2.12. The molecule has 0 heterocycles. The first-order valence-corrected chi connectivity index (χ1v) is 8.96. The van der Waals surface area contributed by atoms with Gasteiger partial charge in [-0.25, -0.2) is 4.99 Å². The number of hydrogen-bond acceptors (Lipinski definition) is 2. The normalized spacial score (nSPS) is 16.4. The molecule has 0 radical (unpaired) electrons. The average Bonchev–Trinajstić information content (AvgIpc) is 3.04. The molecule has 0 saturated carbocycles. The van der Waals surface area contributed by atoms with Crippen LogP contribution in [0.2, 0.25) is 0 Å². The largest absolute Gasteiger partial charge is 0.356 e. The van der Waals surface area contributed by atoms with E-state index in [1.165, 1.54) is 25.7 Å². The van der Waals surface area contributed by atoms with Gasteiger partial charge in [0.25, 0.3) is 0 Å². The molecule has 0 aliphatic heterocycles. The summed E-state index contributed by atoms with van der Waals surface area (Å²) in [6.07, 6.45) is 11.3. The molecule has 1 amide bonds. The van der Waals surface area contributed by atoms with Crippen LogP contribution < -0.4 is 10.6 Å². The van der Waals surface area contributed by atoms with Gasteiger partial charge < -0.3 is 15.5 Å². The van der Waals surface area contributed by atoms with E-state index >= 15 is 0 Å². The predicted molar refractivity (Wildman–Crippen MR) is 97.6 cm³/mol. The first-order valence-electron chi connectivity index (χ1n) is 8.96. The minimum atomic E-state index is 0.0219. The van der Waals surface area contributed by atoms with Crippen molar-refractivity contribution >= 4 is 11.9 Å². The zero-order valence-corrected chi connectivity index (χ0v) is 15.3. The van der Waals surface area contributed by atoms with Crippen molar-refractivity contribution in [2.75, 3.05) is 27.2 Å². The van der Waals surface area contributed by atoms with E-state index in [9.17, 15) is 4.79 Å². The number of carbonyl (C=O) groups is 1. The van der Waals surface area contributed by atoms with Crippen molar-refractivity contribution in [2.24, 2.45) is 10.9 Å². The molecule has 2 N–H and O–H groups in total. The van der Waals surface area contributed by atoms with Crippen LogP contribution in [0, 0.1) is 5.92 Å². The monoisotopic (exact) mass is 322 g/mol. The number of hydrogen-bond donors (Lipinski definition) is 2. The van der Waals surface area contributed by atoms with Gasteiger partial charge in [-0.3, -0.25) is 4.79 Å². The van der Waals surface area contributed by atoms with Crippen molar-refractivity contribution in [3.63, 3.8) is 0 Å². The van der Waals surface area contributed by atoms with Crippen LogP contribution in [0.1, 0.15) is 52.4 Å². The SMILES string of the molecule is CCCCC(CC)CNC(=NCC(=O)N(C)C)NC1CC=CC1. The Bertz CT molecular complexity index is 396. The fourth-order valence-corrected chi connectivity index (χ4v) is 2.55. The van der Waals surface area contributed by atoms with Crippen molar-refractivity contribution in [3.05, 3.63) is 12.2 Å². The van der Waals surface area contributed by atoms with Gasteiger partial charge in [0.1, 0.15) is 6.54 Å². The van der Waals surface area contributed by atoms with Crippen LogP contribution in [-0.2, 0) is 4.79 Å². The lowest BCUT2D eigenvalue weighted by atomic mass is 9.99. The minimum Gasteiger partial charge on any atom is -0.356 e. The number of nitrogens with one attached hydrogen (secondary N) is 2. The second-order valence-corrected chi connectivity index (χ2v) is 6.53. The molecule has 5 nitrogen and oxygen atoms in total. The third kappa shape index (κ3) is 8.05. The van der Waals surface area contributed by atoms with Crippen LogP contribution in [0.15, 0.2) is 17.1 Å². The smallest absolute Gasteiger partial charge is 0.243 e. The Morgan fingerprint density at radius 1 is 1.30 bits per heavy atom. The Hall–Kier alpha value is -1.52. The lowest BCUT2D eigenvalue weighted by Gasteiger charge is -2.21. The highest BCUT2D eigenvalue weighted by Gasteiger charge is 2.14. The minimum absolute atomic E-state index is 0.0219. The van der Waals surface area contributed by atoms with Crippen molar-refractivity contribution in [1.29, 1.82) is 0 Å². The summed E-state index contributed by atoms with van der Waals surface area (Å²) in [5.74, 6) is 1.45. The van der Waals surface area contributed by atoms with Crippen LogP contribution in [0.25, 0.3) is 0 Å². The first-order chi connectivity index (χ1) is 11.1. The van der Waals surface area contributed by atoms with Crippen LogP contribution in [0.4, 0.5) is 0 Å². The number of unbranched alkanes of at least 4 members (excludes halogenated alkanes) is 1. The van der Waals surface area contributed by atoms with Gasteiger partial charge in [-0.1, -0.05) is 45.3 Å². The van der Waals surface area contributed by atoms with Gasteiger partial charge in [0.05, 0.1) is 0 Å². The van der Waals surface area contributed by atoms with E-state index in [1.54, 1.807) is 19.0 Å². The summed E-state index contributed by atoms with van der Waals surface area (Å²) in [7, 11) is 3.52.